The first-order valence-electron chi connectivity index (χ1n) is 5.81. The third-order valence-electron chi connectivity index (χ3n) is 2.81. The average Bonchev–Trinajstić information content (AvgIpc) is 2.43. The van der Waals surface area contributed by atoms with Gasteiger partial charge in [0.1, 0.15) is 0 Å². The minimum absolute atomic E-state index is 0.0765. The van der Waals surface area contributed by atoms with Gasteiger partial charge in [0, 0.05) is 25.0 Å². The number of hydrogen-bond acceptors (Lipinski definition) is 3. The maximum Gasteiger partial charge on any atom is 0.331 e. The van der Waals surface area contributed by atoms with Crippen LogP contribution in [-0.4, -0.2) is 34.3 Å². The van der Waals surface area contributed by atoms with Crippen LogP contribution < -0.4 is 0 Å². The molecule has 0 bridgehead atoms. The zero-order valence-corrected chi connectivity index (χ0v) is 9.94. The first-order chi connectivity index (χ1) is 8.06. The monoisotopic (exact) mass is 239 g/mol. The van der Waals surface area contributed by atoms with Crippen LogP contribution >= 0.6 is 0 Å². The molecule has 1 N–H and O–H groups in total. The Morgan fingerprint density at radius 3 is 2.24 bits per heavy atom. The molecule has 1 rings (SSSR count). The summed E-state index contributed by atoms with van der Waals surface area (Å²) >= 11 is 0. The second kappa shape index (κ2) is 6.18. The lowest BCUT2D eigenvalue weighted by atomic mass is 10.2. The summed E-state index contributed by atoms with van der Waals surface area (Å²) in [6.07, 6.45) is 4.02. The number of hydrogen-bond donors (Lipinski definition) is 1. The molecule has 0 saturated carbocycles. The summed E-state index contributed by atoms with van der Waals surface area (Å²) in [6.45, 7) is 1.80. The summed E-state index contributed by atoms with van der Waals surface area (Å²) in [4.78, 5) is 35.2. The number of carbonyl (C=O) groups is 3. The Kier molecular flexibility index (Phi) is 4.87. The largest absolute Gasteiger partial charge is 0.478 e. The van der Waals surface area contributed by atoms with Gasteiger partial charge >= 0.3 is 5.97 Å². The topological polar surface area (TPSA) is 74.7 Å². The third kappa shape index (κ3) is 3.69. The Balaban J connectivity index is 2.73. The van der Waals surface area contributed by atoms with Gasteiger partial charge in [0.25, 0.3) is 0 Å². The minimum Gasteiger partial charge on any atom is -0.478 e. The van der Waals surface area contributed by atoms with E-state index in [4.69, 9.17) is 5.11 Å². The van der Waals surface area contributed by atoms with E-state index >= 15 is 0 Å². The van der Waals surface area contributed by atoms with Gasteiger partial charge in [0.05, 0.1) is 0 Å². The van der Waals surface area contributed by atoms with Crippen molar-refractivity contribution in [3.8, 4) is 0 Å². The predicted molar refractivity (Wildman–Crippen MR) is 61.2 cm³/mol. The summed E-state index contributed by atoms with van der Waals surface area (Å²) < 4.78 is 0. The molecule has 1 aliphatic rings. The highest BCUT2D eigenvalue weighted by atomic mass is 16.4. The molecule has 1 aliphatic heterocycles. The molecule has 1 fully saturated rings. The molecule has 0 radical (unpaired) electrons. The van der Waals surface area contributed by atoms with Crippen LogP contribution in [0.15, 0.2) is 11.6 Å². The number of aliphatic carboxylic acids is 1. The second-order valence-electron chi connectivity index (χ2n) is 3.99. The summed E-state index contributed by atoms with van der Waals surface area (Å²) in [5, 5.41) is 8.83. The van der Waals surface area contributed by atoms with E-state index in [1.54, 1.807) is 6.92 Å². The van der Waals surface area contributed by atoms with Crippen LogP contribution in [0.25, 0.3) is 0 Å². The number of carboxylic acids is 1. The Hall–Kier alpha value is -1.65. The molecule has 17 heavy (non-hydrogen) atoms. The Morgan fingerprint density at radius 2 is 1.82 bits per heavy atom. The molecule has 5 heteroatoms. The van der Waals surface area contributed by atoms with Crippen LogP contribution in [0, 0.1) is 0 Å². The van der Waals surface area contributed by atoms with Crippen molar-refractivity contribution in [2.24, 2.45) is 0 Å². The highest BCUT2D eigenvalue weighted by Gasteiger charge is 2.23. The molecule has 5 nitrogen and oxygen atoms in total. The quantitative estimate of drug-likeness (QED) is 0.593. The van der Waals surface area contributed by atoms with Crippen LogP contribution in [-0.2, 0) is 14.4 Å². The number of likely N-dealkylation sites (tertiary alicyclic amines) is 1. The van der Waals surface area contributed by atoms with E-state index in [0.29, 0.717) is 19.3 Å². The lowest BCUT2D eigenvalue weighted by molar-refractivity contribution is -0.143. The van der Waals surface area contributed by atoms with Gasteiger partial charge in [-0.3, -0.25) is 14.5 Å². The molecule has 94 valence electrons. The Labute approximate surface area is 100 Å². The highest BCUT2D eigenvalue weighted by molar-refractivity contribution is 5.96. The number of imide groups is 1. The van der Waals surface area contributed by atoms with Crippen molar-refractivity contribution in [3.05, 3.63) is 11.6 Å². The number of nitrogens with zero attached hydrogens (tertiary/aromatic N) is 1. The average molecular weight is 239 g/mol. The minimum atomic E-state index is -0.998. The standard InChI is InChI=1S/C12H17NO4/c1-2-9(12(16)17)7-8-13-10(14)5-3-4-6-11(13)15/h7H,2-6,8H2,1H3,(H,16,17). The summed E-state index contributed by atoms with van der Waals surface area (Å²) in [6, 6.07) is 0. The molecule has 0 aromatic rings. The fourth-order valence-electron chi connectivity index (χ4n) is 1.75. The van der Waals surface area contributed by atoms with Crippen LogP contribution in [0.2, 0.25) is 0 Å². The van der Waals surface area contributed by atoms with E-state index in [2.05, 4.69) is 0 Å². The molecule has 0 spiro atoms. The van der Waals surface area contributed by atoms with Gasteiger partial charge in [-0.25, -0.2) is 4.79 Å². The third-order valence-corrected chi connectivity index (χ3v) is 2.81. The molecule has 2 amide bonds. The van der Waals surface area contributed by atoms with Crippen LogP contribution in [0.1, 0.15) is 39.0 Å². The first kappa shape index (κ1) is 13.4. The fraction of sp³-hybridized carbons (Fsp3) is 0.583. The van der Waals surface area contributed by atoms with Crippen molar-refractivity contribution in [2.45, 2.75) is 39.0 Å². The smallest absolute Gasteiger partial charge is 0.331 e. The molecule has 0 unspecified atom stereocenters. The normalized spacial score (nSPS) is 18.2. The maximum atomic E-state index is 11.6. The Morgan fingerprint density at radius 1 is 1.29 bits per heavy atom. The molecule has 0 aliphatic carbocycles. The van der Waals surface area contributed by atoms with Crippen molar-refractivity contribution < 1.29 is 19.5 Å². The van der Waals surface area contributed by atoms with Crippen molar-refractivity contribution in [3.63, 3.8) is 0 Å². The predicted octanol–water partition coefficient (Wildman–Crippen LogP) is 1.34. The van der Waals surface area contributed by atoms with E-state index in [-0.39, 0.29) is 23.9 Å². The SMILES string of the molecule is CCC(=CCN1C(=O)CCCCC1=O)C(=O)O. The molecule has 0 aromatic heterocycles. The van der Waals surface area contributed by atoms with Gasteiger partial charge in [-0.15, -0.1) is 0 Å². The van der Waals surface area contributed by atoms with E-state index < -0.39 is 5.97 Å². The summed E-state index contributed by atoms with van der Waals surface area (Å²) in [7, 11) is 0. The number of rotatable bonds is 4. The van der Waals surface area contributed by atoms with Crippen molar-refractivity contribution in [2.75, 3.05) is 6.54 Å². The van der Waals surface area contributed by atoms with Gasteiger partial charge in [-0.1, -0.05) is 13.0 Å². The number of amides is 2. The van der Waals surface area contributed by atoms with E-state index in [1.807, 2.05) is 0 Å². The highest BCUT2D eigenvalue weighted by Crippen LogP contribution is 2.13. The van der Waals surface area contributed by atoms with Gasteiger partial charge in [-0.05, 0) is 19.3 Å². The lowest BCUT2D eigenvalue weighted by Crippen LogP contribution is -2.35. The summed E-state index contributed by atoms with van der Waals surface area (Å²) in [5.74, 6) is -1.41. The molecule has 0 atom stereocenters. The molecule has 0 aromatic carbocycles. The van der Waals surface area contributed by atoms with Crippen LogP contribution in [0.4, 0.5) is 0 Å². The Bertz CT molecular complexity index is 342. The van der Waals surface area contributed by atoms with Crippen LogP contribution in [0.5, 0.6) is 0 Å². The maximum absolute atomic E-state index is 11.6. The zero-order chi connectivity index (χ0) is 12.8. The van der Waals surface area contributed by atoms with Gasteiger partial charge in [-0.2, -0.15) is 0 Å². The zero-order valence-electron chi connectivity index (χ0n) is 9.94. The van der Waals surface area contributed by atoms with Gasteiger partial charge in [0.2, 0.25) is 11.8 Å². The van der Waals surface area contributed by atoms with Crippen molar-refractivity contribution in [1.82, 2.24) is 4.90 Å². The molecule has 1 heterocycles. The molecule has 1 saturated heterocycles. The van der Waals surface area contributed by atoms with E-state index in [9.17, 15) is 14.4 Å². The van der Waals surface area contributed by atoms with Gasteiger partial charge < -0.3 is 5.11 Å². The molecular weight excluding hydrogens is 222 g/mol. The van der Waals surface area contributed by atoms with Gasteiger partial charge in [0.15, 0.2) is 0 Å². The number of carbonyl (C=O) groups excluding carboxylic acids is 2. The van der Waals surface area contributed by atoms with E-state index in [0.717, 1.165) is 17.7 Å². The van der Waals surface area contributed by atoms with E-state index in [1.165, 1.54) is 6.08 Å². The second-order valence-corrected chi connectivity index (χ2v) is 3.99. The number of carboxylic acid groups (broad SMARTS) is 1. The van der Waals surface area contributed by atoms with Crippen molar-refractivity contribution >= 4 is 17.8 Å². The molecular formula is C12H17NO4. The fourth-order valence-corrected chi connectivity index (χ4v) is 1.75. The lowest BCUT2D eigenvalue weighted by Gasteiger charge is -2.16. The van der Waals surface area contributed by atoms with Crippen molar-refractivity contribution in [1.29, 1.82) is 0 Å². The van der Waals surface area contributed by atoms with Crippen LogP contribution in [0.3, 0.4) is 0 Å². The summed E-state index contributed by atoms with van der Waals surface area (Å²) in [5.41, 5.74) is 0.231. The first-order valence-corrected chi connectivity index (χ1v) is 5.81.